The van der Waals surface area contributed by atoms with Crippen molar-refractivity contribution >= 4 is 17.7 Å². The molecule has 3 nitrogen and oxygen atoms in total. The van der Waals surface area contributed by atoms with Crippen LogP contribution < -0.4 is 4.74 Å². The van der Waals surface area contributed by atoms with E-state index in [0.29, 0.717) is 11.4 Å². The summed E-state index contributed by atoms with van der Waals surface area (Å²) in [5.74, 6) is 0.875. The maximum atomic E-state index is 11.7. The number of hydrogen-bond acceptors (Lipinski definition) is 3. The minimum absolute atomic E-state index is 0.0534. The molecule has 27 heavy (non-hydrogen) atoms. The average Bonchev–Trinajstić information content (AvgIpc) is 2.63. The van der Waals surface area contributed by atoms with Gasteiger partial charge in [-0.15, -0.1) is 0 Å². The van der Waals surface area contributed by atoms with Gasteiger partial charge in [-0.1, -0.05) is 48.9 Å². The lowest BCUT2D eigenvalue weighted by molar-refractivity contribution is 0.0150. The van der Waals surface area contributed by atoms with E-state index in [9.17, 15) is 5.11 Å². The molecule has 2 rings (SSSR count). The van der Waals surface area contributed by atoms with Gasteiger partial charge >= 0.3 is 0 Å². The van der Waals surface area contributed by atoms with Gasteiger partial charge in [0.2, 0.25) is 0 Å². The summed E-state index contributed by atoms with van der Waals surface area (Å²) >= 11 is 6.02. The number of hydrogen-bond donors (Lipinski definition) is 1. The Morgan fingerprint density at radius 1 is 1.15 bits per heavy atom. The van der Waals surface area contributed by atoms with E-state index >= 15 is 0 Å². The van der Waals surface area contributed by atoms with Crippen LogP contribution in [0.5, 0.6) is 5.75 Å². The molecule has 0 amide bonds. The molecule has 2 aromatic carbocycles. The molecule has 146 valence electrons. The first-order valence-corrected chi connectivity index (χ1v) is 9.57. The lowest BCUT2D eigenvalue weighted by Crippen LogP contribution is -2.44. The third kappa shape index (κ3) is 5.83. The van der Waals surface area contributed by atoms with Crippen molar-refractivity contribution in [3.05, 3.63) is 70.3 Å². The van der Waals surface area contributed by atoms with Gasteiger partial charge in [0.25, 0.3) is 0 Å². The Morgan fingerprint density at radius 3 is 2.26 bits per heavy atom. The summed E-state index contributed by atoms with van der Waals surface area (Å²) in [6.45, 7) is 4.89. The Morgan fingerprint density at radius 2 is 1.74 bits per heavy atom. The largest absolute Gasteiger partial charge is 0.497 e. The first-order chi connectivity index (χ1) is 12.7. The third-order valence-electron chi connectivity index (χ3n) is 5.02. The van der Waals surface area contributed by atoms with E-state index in [0.717, 1.165) is 29.0 Å². The Balaban J connectivity index is 2.36. The molecule has 1 N–H and O–H groups in total. The van der Waals surface area contributed by atoms with Gasteiger partial charge < -0.3 is 14.7 Å². The van der Waals surface area contributed by atoms with Crippen molar-refractivity contribution in [1.29, 1.82) is 0 Å². The Bertz CT molecular complexity index is 753. The fraction of sp³-hybridized carbons (Fsp3) is 0.391. The number of nitrogens with zero attached hydrogens (tertiary/aromatic N) is 1. The molecule has 0 radical (unpaired) electrons. The minimum atomic E-state index is -0.960. The summed E-state index contributed by atoms with van der Waals surface area (Å²) in [7, 11) is 5.72. The van der Waals surface area contributed by atoms with Gasteiger partial charge in [0, 0.05) is 23.9 Å². The topological polar surface area (TPSA) is 32.7 Å². The van der Waals surface area contributed by atoms with Crippen LogP contribution in [0.1, 0.15) is 25.0 Å². The normalized spacial score (nSPS) is 15.5. The number of methoxy groups -OCH3 is 1. The predicted molar refractivity (Wildman–Crippen MR) is 114 cm³/mol. The Hall–Kier alpha value is -1.81. The zero-order valence-electron chi connectivity index (χ0n) is 16.9. The molecule has 0 bridgehead atoms. The summed E-state index contributed by atoms with van der Waals surface area (Å²) in [6.07, 6.45) is 2.60. The maximum Gasteiger partial charge on any atom is 0.118 e. The van der Waals surface area contributed by atoms with E-state index in [4.69, 9.17) is 16.3 Å². The van der Waals surface area contributed by atoms with E-state index in [1.807, 2.05) is 69.6 Å². The highest BCUT2D eigenvalue weighted by atomic mass is 35.5. The standard InChI is InChI=1S/C23H30ClNO2/c1-17(14-19-8-12-22(27-5)13-9-19)23(26,18(2)16-25(3)4)15-20-6-10-21(24)11-7-20/h6-14,18,26H,15-16H2,1-5H3. The molecule has 0 aliphatic carbocycles. The average molecular weight is 388 g/mol. The highest BCUT2D eigenvalue weighted by Gasteiger charge is 2.36. The molecule has 0 fully saturated rings. The summed E-state index contributed by atoms with van der Waals surface area (Å²) < 4.78 is 5.23. The monoisotopic (exact) mass is 387 g/mol. The first-order valence-electron chi connectivity index (χ1n) is 9.19. The second kappa shape index (κ2) is 9.41. The maximum absolute atomic E-state index is 11.7. The molecular weight excluding hydrogens is 358 g/mol. The SMILES string of the molecule is COc1ccc(C=C(C)C(O)(Cc2ccc(Cl)cc2)C(C)CN(C)C)cc1. The molecule has 0 saturated heterocycles. The van der Waals surface area contributed by atoms with Crippen molar-refractivity contribution in [2.75, 3.05) is 27.7 Å². The lowest BCUT2D eigenvalue weighted by atomic mass is 9.77. The van der Waals surface area contributed by atoms with Crippen LogP contribution in [0.3, 0.4) is 0 Å². The number of ether oxygens (including phenoxy) is 1. The van der Waals surface area contributed by atoms with Crippen molar-refractivity contribution in [1.82, 2.24) is 4.90 Å². The van der Waals surface area contributed by atoms with Crippen LogP contribution in [0.25, 0.3) is 6.08 Å². The van der Waals surface area contributed by atoms with Crippen LogP contribution in [0, 0.1) is 5.92 Å². The molecule has 0 aliphatic heterocycles. The summed E-state index contributed by atoms with van der Waals surface area (Å²) in [6, 6.07) is 15.6. The van der Waals surface area contributed by atoms with Gasteiger partial charge in [-0.3, -0.25) is 0 Å². The third-order valence-corrected chi connectivity index (χ3v) is 5.27. The van der Waals surface area contributed by atoms with Crippen LogP contribution in [-0.4, -0.2) is 43.4 Å². The van der Waals surface area contributed by atoms with Crippen LogP contribution >= 0.6 is 11.6 Å². The Labute approximate surface area is 168 Å². The minimum Gasteiger partial charge on any atom is -0.497 e. The zero-order chi connectivity index (χ0) is 20.0. The molecule has 0 saturated carbocycles. The number of aliphatic hydroxyl groups is 1. The van der Waals surface area contributed by atoms with Crippen LogP contribution in [0.2, 0.25) is 5.02 Å². The smallest absolute Gasteiger partial charge is 0.118 e. The molecule has 2 atom stereocenters. The van der Waals surface area contributed by atoms with Crippen molar-refractivity contribution in [3.63, 3.8) is 0 Å². The fourth-order valence-electron chi connectivity index (χ4n) is 3.39. The molecular formula is C23H30ClNO2. The highest BCUT2D eigenvalue weighted by Crippen LogP contribution is 2.32. The van der Waals surface area contributed by atoms with E-state index in [-0.39, 0.29) is 5.92 Å². The molecule has 2 unspecified atom stereocenters. The summed E-state index contributed by atoms with van der Waals surface area (Å²) in [5, 5.41) is 12.4. The first kappa shape index (κ1) is 21.5. The predicted octanol–water partition coefficient (Wildman–Crippen LogP) is 4.92. The van der Waals surface area contributed by atoms with Crippen molar-refractivity contribution < 1.29 is 9.84 Å². The number of halogens is 1. The second-order valence-corrected chi connectivity index (χ2v) is 7.93. The van der Waals surface area contributed by atoms with Gasteiger partial charge in [-0.2, -0.15) is 0 Å². The lowest BCUT2D eigenvalue weighted by Gasteiger charge is -2.37. The van der Waals surface area contributed by atoms with Gasteiger partial charge in [-0.25, -0.2) is 0 Å². The van der Waals surface area contributed by atoms with Crippen molar-refractivity contribution in [3.8, 4) is 5.75 Å². The molecule has 2 aromatic rings. The highest BCUT2D eigenvalue weighted by molar-refractivity contribution is 6.30. The quantitative estimate of drug-likeness (QED) is 0.697. The van der Waals surface area contributed by atoms with Gasteiger partial charge in [-0.05, 0) is 62.0 Å². The van der Waals surface area contributed by atoms with Crippen LogP contribution in [0.15, 0.2) is 54.1 Å². The van der Waals surface area contributed by atoms with E-state index < -0.39 is 5.60 Å². The van der Waals surface area contributed by atoms with Crippen LogP contribution in [-0.2, 0) is 6.42 Å². The number of benzene rings is 2. The molecule has 0 aliphatic rings. The van der Waals surface area contributed by atoms with Crippen molar-refractivity contribution in [2.24, 2.45) is 5.92 Å². The zero-order valence-corrected chi connectivity index (χ0v) is 17.6. The van der Waals surface area contributed by atoms with Gasteiger partial charge in [0.1, 0.15) is 5.75 Å². The van der Waals surface area contributed by atoms with Gasteiger partial charge in [0.05, 0.1) is 12.7 Å². The van der Waals surface area contributed by atoms with E-state index in [1.165, 1.54) is 0 Å². The van der Waals surface area contributed by atoms with E-state index in [1.54, 1.807) is 7.11 Å². The van der Waals surface area contributed by atoms with Crippen molar-refractivity contribution in [2.45, 2.75) is 25.9 Å². The summed E-state index contributed by atoms with van der Waals surface area (Å²) in [5.41, 5.74) is 2.09. The molecule has 0 heterocycles. The van der Waals surface area contributed by atoms with Crippen LogP contribution in [0.4, 0.5) is 0 Å². The Kier molecular flexibility index (Phi) is 7.49. The molecule has 0 spiro atoms. The number of rotatable bonds is 8. The second-order valence-electron chi connectivity index (χ2n) is 7.49. The van der Waals surface area contributed by atoms with E-state index in [2.05, 4.69) is 17.9 Å². The molecule has 4 heteroatoms. The molecule has 0 aromatic heterocycles. The van der Waals surface area contributed by atoms with Gasteiger partial charge in [0.15, 0.2) is 0 Å². The summed E-state index contributed by atoms with van der Waals surface area (Å²) in [4.78, 5) is 2.11. The fourth-order valence-corrected chi connectivity index (χ4v) is 3.52.